The van der Waals surface area contributed by atoms with Gasteiger partial charge in [0.1, 0.15) is 0 Å². The second kappa shape index (κ2) is 9.44. The Labute approximate surface area is 149 Å². The number of thioether (sulfide) groups is 1. The average molecular weight is 371 g/mol. The van der Waals surface area contributed by atoms with Gasteiger partial charge in [0, 0.05) is 24.6 Å². The maximum absolute atomic E-state index is 12.3. The normalized spacial score (nSPS) is 16.2. The van der Waals surface area contributed by atoms with E-state index in [2.05, 4.69) is 5.32 Å². The third-order valence-electron chi connectivity index (χ3n) is 4.15. The molecule has 1 aliphatic rings. The number of carbonyl (C=O) groups excluding carboxylic acids is 1. The smallest absolute Gasteiger partial charge is 0.243 e. The van der Waals surface area contributed by atoms with Gasteiger partial charge in [-0.15, -0.1) is 0 Å². The van der Waals surface area contributed by atoms with E-state index in [9.17, 15) is 13.2 Å². The number of nitrogens with zero attached hydrogens (tertiary/aromatic N) is 1. The van der Waals surface area contributed by atoms with Crippen molar-refractivity contribution in [3.8, 4) is 0 Å². The van der Waals surface area contributed by atoms with Crippen LogP contribution in [0.15, 0.2) is 35.2 Å². The molecular formula is C17H26N2O3S2. The van der Waals surface area contributed by atoms with Gasteiger partial charge in [0.05, 0.1) is 11.4 Å². The summed E-state index contributed by atoms with van der Waals surface area (Å²) in [6.45, 7) is 0.421. The van der Waals surface area contributed by atoms with E-state index in [0.29, 0.717) is 6.54 Å². The number of benzene rings is 1. The zero-order valence-corrected chi connectivity index (χ0v) is 15.7. The standard InChI is InChI=1S/C17H26N2O3S2/c1-19(24(21,22)16-10-6-3-7-11-16)14-17(20)18-12-13-23-15-8-4-2-5-9-15/h3,6-7,10-11,15H,2,4-5,8-9,12-14H2,1H3,(H,18,20). The number of sulfonamides is 1. The summed E-state index contributed by atoms with van der Waals surface area (Å²) in [7, 11) is -2.19. The van der Waals surface area contributed by atoms with Crippen molar-refractivity contribution in [3.05, 3.63) is 30.3 Å². The lowest BCUT2D eigenvalue weighted by atomic mass is 10.0. The minimum absolute atomic E-state index is 0.161. The molecule has 134 valence electrons. The van der Waals surface area contributed by atoms with Gasteiger partial charge in [-0.3, -0.25) is 4.79 Å². The van der Waals surface area contributed by atoms with Crippen LogP contribution in [-0.4, -0.2) is 49.8 Å². The Hall–Kier alpha value is -1.05. The molecule has 1 amide bonds. The van der Waals surface area contributed by atoms with Gasteiger partial charge in [-0.1, -0.05) is 37.5 Å². The predicted octanol–water partition coefficient (Wildman–Crippen LogP) is 2.49. The first kappa shape index (κ1) is 19.3. The van der Waals surface area contributed by atoms with Crippen molar-refractivity contribution in [1.29, 1.82) is 0 Å². The molecule has 0 radical (unpaired) electrons. The highest BCUT2D eigenvalue weighted by molar-refractivity contribution is 7.99. The molecule has 1 aliphatic carbocycles. The molecule has 0 unspecified atom stereocenters. The lowest BCUT2D eigenvalue weighted by molar-refractivity contribution is -0.121. The van der Waals surface area contributed by atoms with Crippen LogP contribution in [-0.2, 0) is 14.8 Å². The Balaban J connectivity index is 1.71. The fourth-order valence-corrected chi connectivity index (χ4v) is 5.13. The molecule has 7 heteroatoms. The van der Waals surface area contributed by atoms with Crippen LogP contribution in [0.5, 0.6) is 0 Å². The molecule has 0 saturated heterocycles. The molecule has 1 aromatic carbocycles. The molecule has 24 heavy (non-hydrogen) atoms. The number of nitrogens with one attached hydrogen (secondary N) is 1. The van der Waals surface area contributed by atoms with E-state index in [0.717, 1.165) is 15.3 Å². The molecule has 1 saturated carbocycles. The number of carbonyl (C=O) groups is 1. The Morgan fingerprint density at radius 3 is 2.54 bits per heavy atom. The van der Waals surface area contributed by atoms with Crippen molar-refractivity contribution in [1.82, 2.24) is 9.62 Å². The van der Waals surface area contributed by atoms with Gasteiger partial charge in [-0.2, -0.15) is 16.1 Å². The van der Waals surface area contributed by atoms with Crippen LogP contribution in [0.1, 0.15) is 32.1 Å². The lowest BCUT2D eigenvalue weighted by Gasteiger charge is -2.21. The zero-order valence-electron chi connectivity index (χ0n) is 14.1. The van der Waals surface area contributed by atoms with Gasteiger partial charge in [-0.05, 0) is 25.0 Å². The number of hydrogen-bond acceptors (Lipinski definition) is 4. The van der Waals surface area contributed by atoms with Gasteiger partial charge >= 0.3 is 0 Å². The van der Waals surface area contributed by atoms with Crippen molar-refractivity contribution in [2.24, 2.45) is 0 Å². The molecule has 0 bridgehead atoms. The fourth-order valence-electron chi connectivity index (χ4n) is 2.76. The molecule has 0 aromatic heterocycles. The Kier molecular flexibility index (Phi) is 7.58. The van der Waals surface area contributed by atoms with E-state index in [4.69, 9.17) is 0 Å². The van der Waals surface area contributed by atoms with Gasteiger partial charge in [0.15, 0.2) is 0 Å². The Morgan fingerprint density at radius 2 is 1.88 bits per heavy atom. The highest BCUT2D eigenvalue weighted by Crippen LogP contribution is 2.27. The highest BCUT2D eigenvalue weighted by Gasteiger charge is 2.22. The van der Waals surface area contributed by atoms with Gasteiger partial charge < -0.3 is 5.32 Å². The number of rotatable bonds is 8. The summed E-state index contributed by atoms with van der Waals surface area (Å²) in [5.74, 6) is 0.618. The second-order valence-corrected chi connectivity index (χ2v) is 9.51. The van der Waals surface area contributed by atoms with Crippen molar-refractivity contribution in [2.45, 2.75) is 42.2 Å². The first-order valence-electron chi connectivity index (χ1n) is 8.40. The number of likely N-dealkylation sites (N-methyl/N-ethyl adjacent to an activating group) is 1. The summed E-state index contributed by atoms with van der Waals surface area (Å²) in [5.41, 5.74) is 0. The first-order valence-corrected chi connectivity index (χ1v) is 10.9. The average Bonchev–Trinajstić information content (AvgIpc) is 2.60. The molecule has 1 fully saturated rings. The minimum Gasteiger partial charge on any atom is -0.354 e. The van der Waals surface area contributed by atoms with Crippen LogP contribution in [0.25, 0.3) is 0 Å². The number of hydrogen-bond donors (Lipinski definition) is 1. The summed E-state index contributed by atoms with van der Waals surface area (Å²) in [6.07, 6.45) is 6.52. The molecule has 0 heterocycles. The van der Waals surface area contributed by atoms with Crippen molar-refractivity contribution in [2.75, 3.05) is 25.9 Å². The molecule has 0 spiro atoms. The van der Waals surface area contributed by atoms with E-state index < -0.39 is 10.0 Å². The highest BCUT2D eigenvalue weighted by atomic mass is 32.2. The van der Waals surface area contributed by atoms with Crippen LogP contribution in [0, 0.1) is 0 Å². The third kappa shape index (κ3) is 5.79. The Bertz CT molecular complexity index is 614. The maximum Gasteiger partial charge on any atom is 0.243 e. The van der Waals surface area contributed by atoms with Gasteiger partial charge in [0.2, 0.25) is 15.9 Å². The maximum atomic E-state index is 12.3. The molecule has 1 aromatic rings. The fraction of sp³-hybridized carbons (Fsp3) is 0.588. The summed E-state index contributed by atoms with van der Waals surface area (Å²) in [4.78, 5) is 12.2. The molecule has 2 rings (SSSR count). The Morgan fingerprint density at radius 1 is 1.21 bits per heavy atom. The van der Waals surface area contributed by atoms with Gasteiger partial charge in [-0.25, -0.2) is 8.42 Å². The number of amides is 1. The summed E-state index contributed by atoms with van der Waals surface area (Å²) in [5, 5.41) is 3.53. The molecule has 1 N–H and O–H groups in total. The summed E-state index contributed by atoms with van der Waals surface area (Å²) < 4.78 is 25.8. The van der Waals surface area contributed by atoms with E-state index in [1.54, 1.807) is 18.2 Å². The monoisotopic (exact) mass is 370 g/mol. The zero-order chi connectivity index (χ0) is 17.4. The van der Waals surface area contributed by atoms with Crippen LogP contribution < -0.4 is 5.32 Å². The van der Waals surface area contributed by atoms with Crippen LogP contribution in [0.2, 0.25) is 0 Å². The predicted molar refractivity (Wildman–Crippen MR) is 98.6 cm³/mol. The van der Waals surface area contributed by atoms with E-state index in [-0.39, 0.29) is 17.3 Å². The minimum atomic E-state index is -3.61. The molecule has 0 atom stereocenters. The molecule has 5 nitrogen and oxygen atoms in total. The van der Waals surface area contributed by atoms with Crippen molar-refractivity contribution in [3.63, 3.8) is 0 Å². The molecule has 0 aliphatic heterocycles. The van der Waals surface area contributed by atoms with Crippen LogP contribution in [0.3, 0.4) is 0 Å². The topological polar surface area (TPSA) is 66.5 Å². The summed E-state index contributed by atoms with van der Waals surface area (Å²) >= 11 is 1.91. The van der Waals surface area contributed by atoms with Crippen molar-refractivity contribution >= 4 is 27.7 Å². The second-order valence-electron chi connectivity index (χ2n) is 6.05. The SMILES string of the molecule is CN(CC(=O)NCCSC1CCCCC1)S(=O)(=O)c1ccccc1. The largest absolute Gasteiger partial charge is 0.354 e. The van der Waals surface area contributed by atoms with Crippen molar-refractivity contribution < 1.29 is 13.2 Å². The quantitative estimate of drug-likeness (QED) is 0.714. The van der Waals surface area contributed by atoms with E-state index >= 15 is 0 Å². The first-order chi connectivity index (χ1) is 11.5. The lowest BCUT2D eigenvalue weighted by Crippen LogP contribution is -2.39. The van der Waals surface area contributed by atoms with Gasteiger partial charge in [0.25, 0.3) is 0 Å². The van der Waals surface area contributed by atoms with E-state index in [1.807, 2.05) is 11.8 Å². The van der Waals surface area contributed by atoms with Crippen LogP contribution >= 0.6 is 11.8 Å². The molecular weight excluding hydrogens is 344 g/mol. The third-order valence-corrected chi connectivity index (χ3v) is 7.35. The van der Waals surface area contributed by atoms with E-state index in [1.165, 1.54) is 51.3 Å². The summed E-state index contributed by atoms with van der Waals surface area (Å²) in [6, 6.07) is 8.16. The van der Waals surface area contributed by atoms with Crippen LogP contribution in [0.4, 0.5) is 0 Å².